The van der Waals surface area contributed by atoms with E-state index in [-0.39, 0.29) is 6.04 Å². The van der Waals surface area contributed by atoms with Gasteiger partial charge in [0.25, 0.3) is 0 Å². The van der Waals surface area contributed by atoms with E-state index in [1.54, 1.807) is 0 Å². The Kier molecular flexibility index (Phi) is 5.40. The molecule has 4 atom stereocenters. The standard InChI is InChI=1S/C18H33N3O/c1-3-20(4-2)12-14-9-10-21(13-14)18(22)17-11-15-7-5-6-8-16(15)19-17/h14-17,19H,3-13H2,1-2H3. The molecule has 3 aliphatic rings. The molecule has 0 bridgehead atoms. The van der Waals surface area contributed by atoms with Crippen molar-refractivity contribution in [2.75, 3.05) is 32.7 Å². The van der Waals surface area contributed by atoms with E-state index in [1.807, 2.05) is 0 Å². The van der Waals surface area contributed by atoms with Gasteiger partial charge in [0.15, 0.2) is 0 Å². The normalized spacial score (nSPS) is 35.1. The number of likely N-dealkylation sites (tertiary alicyclic amines) is 1. The fourth-order valence-electron chi connectivity index (χ4n) is 4.76. The maximum Gasteiger partial charge on any atom is 0.239 e. The molecule has 126 valence electrons. The lowest BCUT2D eigenvalue weighted by Gasteiger charge is -2.25. The first-order valence-corrected chi connectivity index (χ1v) is 9.48. The van der Waals surface area contributed by atoms with Crippen molar-refractivity contribution in [1.29, 1.82) is 0 Å². The van der Waals surface area contributed by atoms with Crippen LogP contribution in [0.4, 0.5) is 0 Å². The van der Waals surface area contributed by atoms with Gasteiger partial charge < -0.3 is 15.1 Å². The Bertz CT molecular complexity index is 369. The van der Waals surface area contributed by atoms with E-state index < -0.39 is 0 Å². The average Bonchev–Trinajstić information content (AvgIpc) is 3.18. The van der Waals surface area contributed by atoms with E-state index in [0.29, 0.717) is 17.9 Å². The molecular weight excluding hydrogens is 274 g/mol. The largest absolute Gasteiger partial charge is 0.341 e. The average molecular weight is 307 g/mol. The molecule has 0 spiro atoms. The molecule has 1 aliphatic carbocycles. The van der Waals surface area contributed by atoms with Crippen LogP contribution in [0.2, 0.25) is 0 Å². The van der Waals surface area contributed by atoms with Gasteiger partial charge in [0.1, 0.15) is 0 Å². The quantitative estimate of drug-likeness (QED) is 0.845. The Morgan fingerprint density at radius 1 is 1.18 bits per heavy atom. The Hall–Kier alpha value is -0.610. The van der Waals surface area contributed by atoms with E-state index in [9.17, 15) is 4.79 Å². The molecule has 4 heteroatoms. The third-order valence-electron chi connectivity index (χ3n) is 6.17. The second kappa shape index (κ2) is 7.31. The molecule has 0 radical (unpaired) electrons. The molecule has 2 aliphatic heterocycles. The Balaban J connectivity index is 1.49. The van der Waals surface area contributed by atoms with Gasteiger partial charge in [-0.2, -0.15) is 0 Å². The third kappa shape index (κ3) is 3.48. The fourth-order valence-corrected chi connectivity index (χ4v) is 4.76. The summed E-state index contributed by atoms with van der Waals surface area (Å²) in [6.07, 6.45) is 7.57. The number of nitrogens with zero attached hydrogens (tertiary/aromatic N) is 2. The van der Waals surface area contributed by atoms with Crippen molar-refractivity contribution in [3.05, 3.63) is 0 Å². The number of amides is 1. The number of carbonyl (C=O) groups is 1. The van der Waals surface area contributed by atoms with Gasteiger partial charge in [0.2, 0.25) is 5.91 Å². The number of nitrogens with one attached hydrogen (secondary N) is 1. The van der Waals surface area contributed by atoms with Crippen molar-refractivity contribution in [3.8, 4) is 0 Å². The van der Waals surface area contributed by atoms with Crippen molar-refractivity contribution in [2.24, 2.45) is 11.8 Å². The zero-order chi connectivity index (χ0) is 15.5. The van der Waals surface area contributed by atoms with Gasteiger partial charge in [-0.05, 0) is 50.6 Å². The molecule has 1 amide bonds. The molecule has 1 N–H and O–H groups in total. The topological polar surface area (TPSA) is 35.6 Å². The minimum absolute atomic E-state index is 0.111. The molecule has 1 saturated carbocycles. The van der Waals surface area contributed by atoms with E-state index in [1.165, 1.54) is 32.1 Å². The summed E-state index contributed by atoms with van der Waals surface area (Å²) in [4.78, 5) is 17.4. The van der Waals surface area contributed by atoms with E-state index >= 15 is 0 Å². The van der Waals surface area contributed by atoms with Crippen LogP contribution < -0.4 is 5.32 Å². The molecule has 4 unspecified atom stereocenters. The highest BCUT2D eigenvalue weighted by atomic mass is 16.2. The first-order chi connectivity index (χ1) is 10.7. The van der Waals surface area contributed by atoms with Gasteiger partial charge >= 0.3 is 0 Å². The molecule has 0 aromatic carbocycles. The van der Waals surface area contributed by atoms with Crippen molar-refractivity contribution >= 4 is 5.91 Å². The Morgan fingerprint density at radius 3 is 2.68 bits per heavy atom. The molecule has 2 saturated heterocycles. The predicted molar refractivity (Wildman–Crippen MR) is 89.8 cm³/mol. The van der Waals surface area contributed by atoms with Gasteiger partial charge in [-0.25, -0.2) is 0 Å². The van der Waals surface area contributed by atoms with Crippen LogP contribution in [0.15, 0.2) is 0 Å². The maximum atomic E-state index is 12.8. The van der Waals surface area contributed by atoms with Crippen molar-refractivity contribution in [1.82, 2.24) is 15.1 Å². The number of rotatable bonds is 5. The lowest BCUT2D eigenvalue weighted by Crippen LogP contribution is -2.45. The lowest BCUT2D eigenvalue weighted by molar-refractivity contribution is -0.132. The summed E-state index contributed by atoms with van der Waals surface area (Å²) in [5.74, 6) is 1.82. The van der Waals surface area contributed by atoms with E-state index in [4.69, 9.17) is 0 Å². The van der Waals surface area contributed by atoms with Gasteiger partial charge in [0, 0.05) is 25.7 Å². The number of hydrogen-bond acceptors (Lipinski definition) is 3. The van der Waals surface area contributed by atoms with Crippen LogP contribution in [0.5, 0.6) is 0 Å². The minimum Gasteiger partial charge on any atom is -0.341 e. The van der Waals surface area contributed by atoms with Gasteiger partial charge in [-0.15, -0.1) is 0 Å². The predicted octanol–water partition coefficient (Wildman–Crippen LogP) is 2.10. The summed E-state index contributed by atoms with van der Waals surface area (Å²) in [6, 6.07) is 0.733. The zero-order valence-electron chi connectivity index (χ0n) is 14.4. The molecule has 0 aromatic heterocycles. The second-order valence-corrected chi connectivity index (χ2v) is 7.53. The number of hydrogen-bond donors (Lipinski definition) is 1. The molecule has 4 nitrogen and oxygen atoms in total. The van der Waals surface area contributed by atoms with Crippen molar-refractivity contribution in [2.45, 2.75) is 64.5 Å². The van der Waals surface area contributed by atoms with Crippen LogP contribution in [0.3, 0.4) is 0 Å². The van der Waals surface area contributed by atoms with Crippen LogP contribution in [0.25, 0.3) is 0 Å². The number of fused-ring (bicyclic) bond motifs is 1. The highest BCUT2D eigenvalue weighted by Crippen LogP contribution is 2.34. The summed E-state index contributed by atoms with van der Waals surface area (Å²) in [6.45, 7) is 9.79. The maximum absolute atomic E-state index is 12.8. The smallest absolute Gasteiger partial charge is 0.239 e. The third-order valence-corrected chi connectivity index (χ3v) is 6.17. The first-order valence-electron chi connectivity index (χ1n) is 9.48. The summed E-state index contributed by atoms with van der Waals surface area (Å²) in [7, 11) is 0. The molecule has 0 aromatic rings. The van der Waals surface area contributed by atoms with Crippen LogP contribution in [0.1, 0.15) is 52.4 Å². The SMILES string of the molecule is CCN(CC)CC1CCN(C(=O)C2CC3CCCCC3N2)C1. The monoisotopic (exact) mass is 307 g/mol. The van der Waals surface area contributed by atoms with Crippen LogP contribution in [-0.4, -0.2) is 60.5 Å². The van der Waals surface area contributed by atoms with Crippen molar-refractivity contribution in [3.63, 3.8) is 0 Å². The highest BCUT2D eigenvalue weighted by molar-refractivity contribution is 5.82. The second-order valence-electron chi connectivity index (χ2n) is 7.53. The summed E-state index contributed by atoms with van der Waals surface area (Å²) in [5, 5.41) is 3.65. The van der Waals surface area contributed by atoms with Gasteiger partial charge in [-0.1, -0.05) is 26.7 Å². The summed E-state index contributed by atoms with van der Waals surface area (Å²) in [5.41, 5.74) is 0. The Labute approximate surface area is 135 Å². The number of carbonyl (C=O) groups excluding carboxylic acids is 1. The van der Waals surface area contributed by atoms with Crippen LogP contribution in [0, 0.1) is 11.8 Å². The van der Waals surface area contributed by atoms with Gasteiger partial charge in [0.05, 0.1) is 6.04 Å². The van der Waals surface area contributed by atoms with Crippen LogP contribution in [-0.2, 0) is 4.79 Å². The fraction of sp³-hybridized carbons (Fsp3) is 0.944. The van der Waals surface area contributed by atoms with Crippen LogP contribution >= 0.6 is 0 Å². The summed E-state index contributed by atoms with van der Waals surface area (Å²) >= 11 is 0. The molecular formula is C18H33N3O. The van der Waals surface area contributed by atoms with E-state index in [2.05, 4.69) is 29.0 Å². The highest BCUT2D eigenvalue weighted by Gasteiger charge is 2.40. The minimum atomic E-state index is 0.111. The molecule has 22 heavy (non-hydrogen) atoms. The van der Waals surface area contributed by atoms with Crippen molar-refractivity contribution < 1.29 is 4.79 Å². The lowest BCUT2D eigenvalue weighted by atomic mass is 9.85. The summed E-state index contributed by atoms with van der Waals surface area (Å²) < 4.78 is 0. The van der Waals surface area contributed by atoms with E-state index in [0.717, 1.165) is 45.1 Å². The zero-order valence-corrected chi connectivity index (χ0v) is 14.4. The molecule has 3 rings (SSSR count). The molecule has 3 fully saturated rings. The Morgan fingerprint density at radius 2 is 1.95 bits per heavy atom. The van der Waals surface area contributed by atoms with Gasteiger partial charge in [-0.3, -0.25) is 4.79 Å². The molecule has 2 heterocycles. The first kappa shape index (κ1) is 16.3.